The number of aromatic nitrogens is 1. The minimum absolute atomic E-state index is 0.257. The van der Waals surface area contributed by atoms with Crippen LogP contribution in [0.4, 0.5) is 19.0 Å². The number of pyridine rings is 1. The third-order valence-electron chi connectivity index (χ3n) is 4.64. The fourth-order valence-electron chi connectivity index (χ4n) is 3.15. The number of carbonyl (C=O) groups excluding carboxylic acids is 1. The Labute approximate surface area is 158 Å². The lowest BCUT2D eigenvalue weighted by atomic mass is 10.2. The van der Waals surface area contributed by atoms with Crippen LogP contribution in [-0.4, -0.2) is 73.8 Å². The van der Waals surface area contributed by atoms with Gasteiger partial charge in [-0.1, -0.05) is 6.92 Å². The summed E-state index contributed by atoms with van der Waals surface area (Å²) in [5, 5.41) is 5.45. The number of hydrogen-bond acceptors (Lipinski definition) is 5. The van der Waals surface area contributed by atoms with Gasteiger partial charge in [0.25, 0.3) is 5.91 Å². The molecule has 2 rings (SSSR count). The van der Waals surface area contributed by atoms with Gasteiger partial charge in [-0.3, -0.25) is 9.69 Å². The van der Waals surface area contributed by atoms with E-state index in [2.05, 4.69) is 27.4 Å². The van der Waals surface area contributed by atoms with Gasteiger partial charge >= 0.3 is 6.18 Å². The van der Waals surface area contributed by atoms with Crippen molar-refractivity contribution in [1.82, 2.24) is 20.5 Å². The van der Waals surface area contributed by atoms with Crippen LogP contribution in [0, 0.1) is 0 Å². The lowest BCUT2D eigenvalue weighted by molar-refractivity contribution is -0.183. The van der Waals surface area contributed by atoms with Crippen LogP contribution in [0.1, 0.15) is 30.6 Å². The fourth-order valence-corrected chi connectivity index (χ4v) is 3.15. The molecule has 1 fully saturated rings. The van der Waals surface area contributed by atoms with E-state index in [0.29, 0.717) is 26.2 Å². The summed E-state index contributed by atoms with van der Waals surface area (Å²) in [5.41, 5.74) is 0.257. The number of carbonyl (C=O) groups is 1. The smallest absolute Gasteiger partial charge is 0.357 e. The van der Waals surface area contributed by atoms with Gasteiger partial charge in [-0.15, -0.1) is 0 Å². The quantitative estimate of drug-likeness (QED) is 0.713. The molecule has 0 radical (unpaired) electrons. The SMILES string of the molecule is CCCN(CC)c1ccc(C(=O)NCC(N2CCNCC2)C(F)(F)F)cn1. The highest BCUT2D eigenvalue weighted by molar-refractivity contribution is 5.94. The van der Waals surface area contributed by atoms with E-state index in [1.807, 2.05) is 6.92 Å². The lowest BCUT2D eigenvalue weighted by Crippen LogP contribution is -2.57. The Balaban J connectivity index is 1.98. The van der Waals surface area contributed by atoms with Gasteiger partial charge in [-0.05, 0) is 25.5 Å². The summed E-state index contributed by atoms with van der Waals surface area (Å²) >= 11 is 0. The van der Waals surface area contributed by atoms with Gasteiger partial charge in [-0.2, -0.15) is 13.2 Å². The zero-order chi connectivity index (χ0) is 19.9. The van der Waals surface area contributed by atoms with Crippen molar-refractivity contribution in [2.75, 3.05) is 50.7 Å². The summed E-state index contributed by atoms with van der Waals surface area (Å²) in [4.78, 5) is 20.0. The summed E-state index contributed by atoms with van der Waals surface area (Å²) in [6.45, 7) is 6.90. The average molecular weight is 387 g/mol. The lowest BCUT2D eigenvalue weighted by Gasteiger charge is -2.35. The van der Waals surface area contributed by atoms with Crippen LogP contribution in [0.5, 0.6) is 0 Å². The van der Waals surface area contributed by atoms with Crippen molar-refractivity contribution in [3.63, 3.8) is 0 Å². The average Bonchev–Trinajstić information content (AvgIpc) is 2.66. The van der Waals surface area contributed by atoms with Crippen LogP contribution < -0.4 is 15.5 Å². The van der Waals surface area contributed by atoms with Gasteiger partial charge in [-0.25, -0.2) is 4.98 Å². The molecule has 27 heavy (non-hydrogen) atoms. The van der Waals surface area contributed by atoms with E-state index in [0.717, 1.165) is 25.3 Å². The van der Waals surface area contributed by atoms with Gasteiger partial charge in [0.05, 0.1) is 5.56 Å². The number of alkyl halides is 3. The molecule has 1 aliphatic heterocycles. The van der Waals surface area contributed by atoms with Crippen LogP contribution in [0.25, 0.3) is 0 Å². The Kier molecular flexibility index (Phi) is 7.85. The molecule has 0 aliphatic carbocycles. The predicted molar refractivity (Wildman–Crippen MR) is 99.0 cm³/mol. The summed E-state index contributed by atoms with van der Waals surface area (Å²) in [6, 6.07) is 1.64. The van der Waals surface area contributed by atoms with Crippen molar-refractivity contribution >= 4 is 11.7 Å². The molecule has 0 saturated carbocycles. The molecule has 2 heterocycles. The number of nitrogens with zero attached hydrogens (tertiary/aromatic N) is 3. The number of piperazine rings is 1. The molecule has 1 unspecified atom stereocenters. The maximum absolute atomic E-state index is 13.4. The number of hydrogen-bond donors (Lipinski definition) is 2. The van der Waals surface area contributed by atoms with Crippen LogP contribution in [-0.2, 0) is 0 Å². The second-order valence-corrected chi connectivity index (χ2v) is 6.54. The standard InChI is InChI=1S/C18H28F3N5O/c1-3-9-25(4-2)16-6-5-14(12-23-16)17(27)24-13-15(18(19,20)21)26-10-7-22-8-11-26/h5-6,12,15,22H,3-4,7-11,13H2,1-2H3,(H,24,27). The van der Waals surface area contributed by atoms with Crippen molar-refractivity contribution in [1.29, 1.82) is 0 Å². The Morgan fingerprint density at radius 1 is 1.33 bits per heavy atom. The van der Waals surface area contributed by atoms with Gasteiger partial charge in [0.15, 0.2) is 0 Å². The van der Waals surface area contributed by atoms with E-state index in [4.69, 9.17) is 0 Å². The van der Waals surface area contributed by atoms with Gasteiger partial charge in [0.1, 0.15) is 11.9 Å². The molecule has 1 atom stereocenters. The fraction of sp³-hybridized carbons (Fsp3) is 0.667. The molecule has 152 valence electrons. The Hall–Kier alpha value is -1.87. The second-order valence-electron chi connectivity index (χ2n) is 6.54. The molecule has 0 bridgehead atoms. The first-order valence-electron chi connectivity index (χ1n) is 9.37. The minimum Gasteiger partial charge on any atom is -0.357 e. The molecular weight excluding hydrogens is 359 g/mol. The van der Waals surface area contributed by atoms with Crippen LogP contribution in [0.3, 0.4) is 0 Å². The molecule has 0 aromatic carbocycles. The minimum atomic E-state index is -4.39. The highest BCUT2D eigenvalue weighted by Gasteiger charge is 2.43. The molecule has 1 aromatic rings. The highest BCUT2D eigenvalue weighted by atomic mass is 19.4. The summed E-state index contributed by atoms with van der Waals surface area (Å²) in [5.74, 6) is 0.210. The van der Waals surface area contributed by atoms with E-state index in [9.17, 15) is 18.0 Å². The molecular formula is C18H28F3N5O. The van der Waals surface area contributed by atoms with Crippen LogP contribution >= 0.6 is 0 Å². The van der Waals surface area contributed by atoms with Crippen molar-refractivity contribution in [2.24, 2.45) is 0 Å². The van der Waals surface area contributed by atoms with Crippen LogP contribution in [0.2, 0.25) is 0 Å². The molecule has 1 amide bonds. The number of rotatable bonds is 8. The highest BCUT2D eigenvalue weighted by Crippen LogP contribution is 2.25. The van der Waals surface area contributed by atoms with E-state index >= 15 is 0 Å². The monoisotopic (exact) mass is 387 g/mol. The number of halogens is 3. The number of anilines is 1. The second kappa shape index (κ2) is 9.89. The van der Waals surface area contributed by atoms with Crippen LogP contribution in [0.15, 0.2) is 18.3 Å². The van der Waals surface area contributed by atoms with E-state index < -0.39 is 24.7 Å². The van der Waals surface area contributed by atoms with Crippen molar-refractivity contribution in [3.05, 3.63) is 23.9 Å². The number of nitrogens with one attached hydrogen (secondary N) is 2. The third kappa shape index (κ3) is 6.07. The van der Waals surface area contributed by atoms with Gasteiger partial charge in [0.2, 0.25) is 0 Å². The zero-order valence-corrected chi connectivity index (χ0v) is 15.9. The van der Waals surface area contributed by atoms with E-state index in [-0.39, 0.29) is 5.56 Å². The normalized spacial score (nSPS) is 16.8. The number of amides is 1. The van der Waals surface area contributed by atoms with Gasteiger partial charge < -0.3 is 15.5 Å². The maximum atomic E-state index is 13.4. The first kappa shape index (κ1) is 21.4. The largest absolute Gasteiger partial charge is 0.405 e. The van der Waals surface area contributed by atoms with E-state index in [1.165, 1.54) is 11.1 Å². The third-order valence-corrected chi connectivity index (χ3v) is 4.64. The van der Waals surface area contributed by atoms with Crippen molar-refractivity contribution in [2.45, 2.75) is 32.5 Å². The predicted octanol–water partition coefficient (Wildman–Crippen LogP) is 1.88. The maximum Gasteiger partial charge on any atom is 0.405 e. The first-order chi connectivity index (χ1) is 12.9. The van der Waals surface area contributed by atoms with Crippen molar-refractivity contribution in [3.8, 4) is 0 Å². The summed E-state index contributed by atoms with van der Waals surface area (Å²) in [6.07, 6.45) is -2.01. The summed E-state index contributed by atoms with van der Waals surface area (Å²) in [7, 11) is 0. The molecule has 1 saturated heterocycles. The van der Waals surface area contributed by atoms with E-state index in [1.54, 1.807) is 12.1 Å². The first-order valence-corrected chi connectivity index (χ1v) is 9.37. The zero-order valence-electron chi connectivity index (χ0n) is 15.9. The molecule has 2 N–H and O–H groups in total. The molecule has 1 aliphatic rings. The Morgan fingerprint density at radius 3 is 2.56 bits per heavy atom. The molecule has 0 spiro atoms. The Morgan fingerprint density at radius 2 is 2.04 bits per heavy atom. The molecule has 6 nitrogen and oxygen atoms in total. The molecule has 1 aromatic heterocycles. The van der Waals surface area contributed by atoms with Gasteiger partial charge in [0, 0.05) is 52.0 Å². The Bertz CT molecular complexity index is 588. The van der Waals surface area contributed by atoms with Crippen molar-refractivity contribution < 1.29 is 18.0 Å². The topological polar surface area (TPSA) is 60.5 Å². The molecule has 9 heteroatoms. The summed E-state index contributed by atoms with van der Waals surface area (Å²) < 4.78 is 40.1.